The number of nitrogens with one attached hydrogen (secondary N) is 3. The molecule has 8 heteroatoms. The van der Waals surface area contributed by atoms with Crippen LogP contribution in [0.4, 0.5) is 9.59 Å². The predicted molar refractivity (Wildman–Crippen MR) is 121 cm³/mol. The topological polar surface area (TPSA) is 73.5 Å². The van der Waals surface area contributed by atoms with Crippen LogP contribution in [0.5, 0.6) is 0 Å². The number of nitrogens with zero attached hydrogens (tertiary/aromatic N) is 1. The fourth-order valence-corrected chi connectivity index (χ4v) is 4.68. The number of carbonyl (C=O) groups excluding carboxylic acids is 2. The monoisotopic (exact) mass is 454 g/mol. The summed E-state index contributed by atoms with van der Waals surface area (Å²) in [5.74, 6) is 0.276. The molecule has 3 N–H and O–H groups in total. The minimum absolute atomic E-state index is 0.0825. The lowest BCUT2D eigenvalue weighted by Crippen LogP contribution is -2.44. The molecule has 1 heterocycles. The van der Waals surface area contributed by atoms with E-state index in [4.69, 9.17) is 23.2 Å². The fourth-order valence-electron chi connectivity index (χ4n) is 4.21. The average Bonchev–Trinajstić information content (AvgIpc) is 3.17. The zero-order valence-corrected chi connectivity index (χ0v) is 18.9. The van der Waals surface area contributed by atoms with Crippen molar-refractivity contribution in [2.24, 2.45) is 5.92 Å². The molecule has 3 rings (SSSR count). The quantitative estimate of drug-likeness (QED) is 0.589. The first-order valence-corrected chi connectivity index (χ1v) is 11.8. The van der Waals surface area contributed by atoms with Gasteiger partial charge in [-0.05, 0) is 42.9 Å². The predicted octanol–water partition coefficient (Wildman–Crippen LogP) is 4.94. The van der Waals surface area contributed by atoms with Crippen molar-refractivity contribution in [2.45, 2.75) is 64.0 Å². The van der Waals surface area contributed by atoms with Gasteiger partial charge in [-0.2, -0.15) is 0 Å². The number of amides is 4. The first kappa shape index (κ1) is 23.0. The molecule has 0 spiro atoms. The molecule has 2 aliphatic rings. The van der Waals surface area contributed by atoms with E-state index in [1.807, 2.05) is 6.07 Å². The maximum atomic E-state index is 12.4. The minimum Gasteiger partial charge on any atom is -0.338 e. The van der Waals surface area contributed by atoms with E-state index in [0.717, 1.165) is 24.8 Å². The van der Waals surface area contributed by atoms with Crippen LogP contribution >= 0.6 is 23.2 Å². The summed E-state index contributed by atoms with van der Waals surface area (Å²) in [6.07, 6.45) is 9.27. The Morgan fingerprint density at radius 3 is 2.47 bits per heavy atom. The van der Waals surface area contributed by atoms with Crippen molar-refractivity contribution in [2.75, 3.05) is 19.6 Å². The number of urea groups is 2. The highest BCUT2D eigenvalue weighted by molar-refractivity contribution is 6.35. The van der Waals surface area contributed by atoms with Crippen molar-refractivity contribution in [1.82, 2.24) is 20.9 Å². The molecule has 1 unspecified atom stereocenters. The lowest BCUT2D eigenvalue weighted by atomic mass is 9.97. The Labute approximate surface area is 189 Å². The fraction of sp³-hybridized carbons (Fsp3) is 0.636. The number of benzene rings is 1. The second-order valence-electron chi connectivity index (χ2n) is 8.39. The molecule has 0 radical (unpaired) electrons. The summed E-state index contributed by atoms with van der Waals surface area (Å²) >= 11 is 12.1. The molecule has 30 heavy (non-hydrogen) atoms. The van der Waals surface area contributed by atoms with Crippen molar-refractivity contribution in [1.29, 1.82) is 0 Å². The standard InChI is InChI=1S/C22H32Cl2N4O2/c23-18-9-8-17(20(24)12-18)14-26-22(30)28-11-10-16(15-28)13-25-21(29)27-19-6-4-2-1-3-5-7-19/h8-9,12,16,19H,1-7,10-11,13-15H2,(H,26,30)(H2,25,27,29). The van der Waals surface area contributed by atoms with E-state index in [-0.39, 0.29) is 24.0 Å². The molecule has 6 nitrogen and oxygen atoms in total. The third kappa shape index (κ3) is 7.24. The second-order valence-corrected chi connectivity index (χ2v) is 9.24. The maximum absolute atomic E-state index is 12.4. The number of rotatable bonds is 5. The molecule has 1 aliphatic carbocycles. The van der Waals surface area contributed by atoms with Gasteiger partial charge in [0.05, 0.1) is 0 Å². The van der Waals surface area contributed by atoms with E-state index < -0.39 is 0 Å². The number of likely N-dealkylation sites (tertiary alicyclic amines) is 1. The summed E-state index contributed by atoms with van der Waals surface area (Å²) in [5, 5.41) is 10.2. The number of hydrogen-bond acceptors (Lipinski definition) is 2. The van der Waals surface area contributed by atoms with Crippen molar-refractivity contribution in [3.05, 3.63) is 33.8 Å². The second kappa shape index (κ2) is 11.7. The molecule has 4 amide bonds. The molecule has 2 fully saturated rings. The molecule has 1 saturated heterocycles. The SMILES string of the molecule is O=C(NCC1CCN(C(=O)NCc2ccc(Cl)cc2Cl)C1)NC1CCCCCCC1. The van der Waals surface area contributed by atoms with Crippen molar-refractivity contribution in [3.8, 4) is 0 Å². The van der Waals surface area contributed by atoms with Crippen LogP contribution in [0.3, 0.4) is 0 Å². The van der Waals surface area contributed by atoms with Gasteiger partial charge in [-0.3, -0.25) is 0 Å². The smallest absolute Gasteiger partial charge is 0.317 e. The van der Waals surface area contributed by atoms with Crippen LogP contribution < -0.4 is 16.0 Å². The lowest BCUT2D eigenvalue weighted by molar-refractivity contribution is 0.206. The minimum atomic E-state index is -0.109. The van der Waals surface area contributed by atoms with Gasteiger partial charge >= 0.3 is 12.1 Å². The highest BCUT2D eigenvalue weighted by Crippen LogP contribution is 2.21. The summed E-state index contributed by atoms with van der Waals surface area (Å²) < 4.78 is 0. The summed E-state index contributed by atoms with van der Waals surface area (Å²) in [6.45, 7) is 2.28. The number of hydrogen-bond donors (Lipinski definition) is 3. The van der Waals surface area contributed by atoms with Crippen molar-refractivity contribution < 1.29 is 9.59 Å². The number of halogens is 2. The van der Waals surface area contributed by atoms with Crippen LogP contribution in [-0.2, 0) is 6.54 Å². The summed E-state index contributed by atoms with van der Waals surface area (Å²) in [6, 6.07) is 5.34. The zero-order chi connectivity index (χ0) is 21.3. The Balaban J connectivity index is 1.35. The van der Waals surface area contributed by atoms with Gasteiger partial charge in [0.1, 0.15) is 0 Å². The van der Waals surface area contributed by atoms with Crippen molar-refractivity contribution >= 4 is 35.3 Å². The van der Waals surface area contributed by atoms with Gasteiger partial charge < -0.3 is 20.9 Å². The van der Waals surface area contributed by atoms with Gasteiger partial charge in [0.15, 0.2) is 0 Å². The summed E-state index contributed by atoms with van der Waals surface area (Å²) in [7, 11) is 0. The molecule has 1 atom stereocenters. The van der Waals surface area contributed by atoms with E-state index >= 15 is 0 Å². The van der Waals surface area contributed by atoms with Gasteiger partial charge in [0.25, 0.3) is 0 Å². The van der Waals surface area contributed by atoms with Crippen LogP contribution in [0, 0.1) is 5.92 Å². The Morgan fingerprint density at radius 2 is 1.73 bits per heavy atom. The van der Waals surface area contributed by atoms with Crippen LogP contribution in [-0.4, -0.2) is 42.6 Å². The molecule has 1 aromatic carbocycles. The third-order valence-electron chi connectivity index (χ3n) is 6.01. The van der Waals surface area contributed by atoms with Gasteiger partial charge in [0, 0.05) is 42.3 Å². The van der Waals surface area contributed by atoms with Crippen LogP contribution in [0.1, 0.15) is 56.9 Å². The maximum Gasteiger partial charge on any atom is 0.317 e. The van der Waals surface area contributed by atoms with E-state index in [9.17, 15) is 9.59 Å². The Kier molecular flexibility index (Phi) is 8.94. The molecular weight excluding hydrogens is 423 g/mol. The lowest BCUT2D eigenvalue weighted by Gasteiger charge is -2.22. The molecule has 1 aliphatic heterocycles. The van der Waals surface area contributed by atoms with Gasteiger partial charge in [0.2, 0.25) is 0 Å². The largest absolute Gasteiger partial charge is 0.338 e. The third-order valence-corrected chi connectivity index (χ3v) is 6.60. The Hall–Kier alpha value is -1.66. The molecule has 166 valence electrons. The zero-order valence-electron chi connectivity index (χ0n) is 17.4. The van der Waals surface area contributed by atoms with E-state index in [1.54, 1.807) is 17.0 Å². The van der Waals surface area contributed by atoms with E-state index in [2.05, 4.69) is 16.0 Å². The van der Waals surface area contributed by atoms with Gasteiger partial charge in [-0.15, -0.1) is 0 Å². The normalized spacial score (nSPS) is 20.3. The number of carbonyl (C=O) groups is 2. The first-order chi connectivity index (χ1) is 14.5. The molecule has 1 aromatic rings. The average molecular weight is 455 g/mol. The van der Waals surface area contributed by atoms with Crippen LogP contribution in [0.2, 0.25) is 10.0 Å². The van der Waals surface area contributed by atoms with E-state index in [0.29, 0.717) is 36.2 Å². The van der Waals surface area contributed by atoms with Gasteiger partial charge in [-0.25, -0.2) is 9.59 Å². The molecule has 1 saturated carbocycles. The van der Waals surface area contributed by atoms with Crippen molar-refractivity contribution in [3.63, 3.8) is 0 Å². The Morgan fingerprint density at radius 1 is 1.00 bits per heavy atom. The highest BCUT2D eigenvalue weighted by Gasteiger charge is 2.26. The summed E-state index contributed by atoms with van der Waals surface area (Å²) in [4.78, 5) is 26.5. The molecular formula is C22H32Cl2N4O2. The first-order valence-electron chi connectivity index (χ1n) is 11.0. The van der Waals surface area contributed by atoms with Crippen LogP contribution in [0.25, 0.3) is 0 Å². The van der Waals surface area contributed by atoms with Crippen LogP contribution in [0.15, 0.2) is 18.2 Å². The highest BCUT2D eigenvalue weighted by atomic mass is 35.5. The Bertz CT molecular complexity index is 723. The summed E-state index contributed by atoms with van der Waals surface area (Å²) in [5.41, 5.74) is 0.831. The molecule has 0 aromatic heterocycles. The van der Waals surface area contributed by atoms with E-state index in [1.165, 1.54) is 32.1 Å². The van der Waals surface area contributed by atoms with Gasteiger partial charge in [-0.1, -0.05) is 61.4 Å². The molecule has 0 bridgehead atoms.